The third-order valence-electron chi connectivity index (χ3n) is 4.81. The number of carbonyl (C=O) groups is 2. The second-order valence-corrected chi connectivity index (χ2v) is 7.19. The Kier molecular flexibility index (Phi) is 17.1. The number of hydrogen-bond acceptors (Lipinski definition) is 5. The number of aliphatic hydroxyl groups excluding tert-OH is 1. The Morgan fingerprint density at radius 2 is 1.48 bits per heavy atom. The van der Waals surface area contributed by atoms with Crippen molar-refractivity contribution in [2.45, 2.75) is 109 Å². The Hall–Kier alpha value is -1.36. The first kappa shape index (κ1) is 25.6. The van der Waals surface area contributed by atoms with E-state index in [1.165, 1.54) is 32.8 Å². The number of esters is 2. The van der Waals surface area contributed by atoms with Crippen molar-refractivity contribution < 1.29 is 24.2 Å². The highest BCUT2D eigenvalue weighted by atomic mass is 16.6. The first-order chi connectivity index (χ1) is 13.0. The molecule has 2 unspecified atom stereocenters. The van der Waals surface area contributed by atoms with Crippen LogP contribution in [0.25, 0.3) is 0 Å². The molecule has 0 aliphatic heterocycles. The highest BCUT2D eigenvalue weighted by molar-refractivity contribution is 5.81. The quantitative estimate of drug-likeness (QED) is 0.202. The molecule has 0 rings (SSSR count). The lowest BCUT2D eigenvalue weighted by Gasteiger charge is -2.23. The van der Waals surface area contributed by atoms with Gasteiger partial charge in [-0.15, -0.1) is 0 Å². The average molecular weight is 385 g/mol. The molecule has 0 amide bonds. The summed E-state index contributed by atoms with van der Waals surface area (Å²) in [5.74, 6) is -0.625. The Morgan fingerprint density at radius 1 is 0.926 bits per heavy atom. The van der Waals surface area contributed by atoms with Crippen molar-refractivity contribution in [3.63, 3.8) is 0 Å². The molecule has 0 aliphatic carbocycles. The number of hydrogen-bond donors (Lipinski definition) is 1. The number of rotatable bonds is 18. The highest BCUT2D eigenvalue weighted by Crippen LogP contribution is 2.18. The standard InChI is InChI=1S/C22H40O5/c1-4-6-7-8-11-14-17-20(27-21(24)5-2)19(23)16-13-10-9-12-15-18-22(25)26-3/h5,19-20,23H,2,4,6-18H2,1,3H3. The van der Waals surface area contributed by atoms with Gasteiger partial charge in [0.25, 0.3) is 0 Å². The van der Waals surface area contributed by atoms with E-state index >= 15 is 0 Å². The van der Waals surface area contributed by atoms with Gasteiger partial charge in [-0.25, -0.2) is 4.79 Å². The fraction of sp³-hybridized carbons (Fsp3) is 0.818. The minimum Gasteiger partial charge on any atom is -0.469 e. The van der Waals surface area contributed by atoms with Crippen LogP contribution >= 0.6 is 0 Å². The maximum absolute atomic E-state index is 11.5. The fourth-order valence-electron chi connectivity index (χ4n) is 3.09. The molecule has 27 heavy (non-hydrogen) atoms. The summed E-state index contributed by atoms with van der Waals surface area (Å²) in [7, 11) is 1.41. The topological polar surface area (TPSA) is 72.8 Å². The van der Waals surface area contributed by atoms with Crippen molar-refractivity contribution >= 4 is 11.9 Å². The van der Waals surface area contributed by atoms with Crippen LogP contribution in [0.4, 0.5) is 0 Å². The lowest BCUT2D eigenvalue weighted by Crippen LogP contribution is -2.31. The lowest BCUT2D eigenvalue weighted by molar-refractivity contribution is -0.150. The molecule has 0 aliphatic rings. The molecule has 0 fully saturated rings. The third-order valence-corrected chi connectivity index (χ3v) is 4.81. The first-order valence-corrected chi connectivity index (χ1v) is 10.6. The van der Waals surface area contributed by atoms with Crippen molar-refractivity contribution in [1.82, 2.24) is 0 Å². The van der Waals surface area contributed by atoms with Gasteiger partial charge in [0.1, 0.15) is 6.10 Å². The van der Waals surface area contributed by atoms with Gasteiger partial charge in [-0.2, -0.15) is 0 Å². The minimum absolute atomic E-state index is 0.160. The summed E-state index contributed by atoms with van der Waals surface area (Å²) in [6, 6.07) is 0. The van der Waals surface area contributed by atoms with Gasteiger partial charge in [0.05, 0.1) is 13.2 Å². The van der Waals surface area contributed by atoms with Gasteiger partial charge >= 0.3 is 11.9 Å². The minimum atomic E-state index is -0.625. The fourth-order valence-corrected chi connectivity index (χ4v) is 3.09. The molecule has 2 atom stereocenters. The molecular weight excluding hydrogens is 344 g/mol. The van der Waals surface area contributed by atoms with Crippen LogP contribution in [0.15, 0.2) is 12.7 Å². The van der Waals surface area contributed by atoms with Gasteiger partial charge in [-0.1, -0.05) is 71.3 Å². The molecule has 0 spiro atoms. The van der Waals surface area contributed by atoms with Gasteiger partial charge in [0, 0.05) is 12.5 Å². The predicted molar refractivity (Wildman–Crippen MR) is 108 cm³/mol. The Morgan fingerprint density at radius 3 is 2.07 bits per heavy atom. The molecule has 158 valence electrons. The summed E-state index contributed by atoms with van der Waals surface area (Å²) in [4.78, 5) is 22.6. The van der Waals surface area contributed by atoms with E-state index < -0.39 is 18.2 Å². The van der Waals surface area contributed by atoms with Gasteiger partial charge in [-0.3, -0.25) is 4.79 Å². The molecule has 0 aromatic carbocycles. The molecule has 0 radical (unpaired) electrons. The summed E-state index contributed by atoms with van der Waals surface area (Å²) >= 11 is 0. The predicted octanol–water partition coefficient (Wildman–Crippen LogP) is 5.10. The molecule has 0 heterocycles. The number of carbonyl (C=O) groups excluding carboxylic acids is 2. The molecule has 1 N–H and O–H groups in total. The molecular formula is C22H40O5. The second kappa shape index (κ2) is 18.0. The van der Waals surface area contributed by atoms with E-state index in [0.29, 0.717) is 19.3 Å². The van der Waals surface area contributed by atoms with Crippen LogP contribution in [0.1, 0.15) is 96.8 Å². The van der Waals surface area contributed by atoms with Crippen LogP contribution in [0.3, 0.4) is 0 Å². The molecule has 0 saturated carbocycles. The first-order valence-electron chi connectivity index (χ1n) is 10.6. The van der Waals surface area contributed by atoms with E-state index in [0.717, 1.165) is 51.0 Å². The number of unbranched alkanes of at least 4 members (excludes halogenated alkanes) is 9. The monoisotopic (exact) mass is 384 g/mol. The van der Waals surface area contributed by atoms with Crippen LogP contribution in [0.5, 0.6) is 0 Å². The zero-order valence-electron chi connectivity index (χ0n) is 17.4. The van der Waals surface area contributed by atoms with Gasteiger partial charge in [-0.05, 0) is 25.7 Å². The normalized spacial score (nSPS) is 13.0. The van der Waals surface area contributed by atoms with Crippen molar-refractivity contribution in [2.24, 2.45) is 0 Å². The van der Waals surface area contributed by atoms with E-state index in [1.807, 2.05) is 0 Å². The van der Waals surface area contributed by atoms with Gasteiger partial charge in [0.2, 0.25) is 0 Å². The second-order valence-electron chi connectivity index (χ2n) is 7.19. The number of methoxy groups -OCH3 is 1. The third kappa shape index (κ3) is 15.4. The van der Waals surface area contributed by atoms with E-state index in [1.54, 1.807) is 0 Å². The highest BCUT2D eigenvalue weighted by Gasteiger charge is 2.21. The van der Waals surface area contributed by atoms with Crippen LogP contribution in [0, 0.1) is 0 Å². The molecule has 5 heteroatoms. The lowest BCUT2D eigenvalue weighted by atomic mass is 9.99. The molecule has 0 aromatic heterocycles. The van der Waals surface area contributed by atoms with Crippen LogP contribution < -0.4 is 0 Å². The van der Waals surface area contributed by atoms with Gasteiger partial charge < -0.3 is 14.6 Å². The number of ether oxygens (including phenoxy) is 2. The van der Waals surface area contributed by atoms with Crippen molar-refractivity contribution in [2.75, 3.05) is 7.11 Å². The Bertz CT molecular complexity index is 394. The van der Waals surface area contributed by atoms with Crippen LogP contribution in [-0.2, 0) is 19.1 Å². The zero-order chi connectivity index (χ0) is 20.3. The molecule has 5 nitrogen and oxygen atoms in total. The van der Waals surface area contributed by atoms with E-state index in [2.05, 4.69) is 18.2 Å². The maximum atomic E-state index is 11.5. The zero-order valence-corrected chi connectivity index (χ0v) is 17.4. The summed E-state index contributed by atoms with van der Waals surface area (Å²) < 4.78 is 9.98. The summed E-state index contributed by atoms with van der Waals surface area (Å²) in [6.45, 7) is 5.63. The van der Waals surface area contributed by atoms with Crippen molar-refractivity contribution in [1.29, 1.82) is 0 Å². The largest absolute Gasteiger partial charge is 0.469 e. The Balaban J connectivity index is 4.00. The SMILES string of the molecule is C=CC(=O)OC(CCCCCCCC)C(O)CCCCCCCC(=O)OC. The summed E-state index contributed by atoms with van der Waals surface area (Å²) in [5, 5.41) is 10.4. The number of aliphatic hydroxyl groups is 1. The Labute approximate surface area is 165 Å². The molecule has 0 aromatic rings. The average Bonchev–Trinajstić information content (AvgIpc) is 2.68. The van der Waals surface area contributed by atoms with E-state index in [4.69, 9.17) is 4.74 Å². The van der Waals surface area contributed by atoms with Crippen LogP contribution in [-0.4, -0.2) is 36.4 Å². The molecule has 0 saturated heterocycles. The van der Waals surface area contributed by atoms with Crippen LogP contribution in [0.2, 0.25) is 0 Å². The van der Waals surface area contributed by atoms with E-state index in [9.17, 15) is 14.7 Å². The van der Waals surface area contributed by atoms with E-state index in [-0.39, 0.29) is 5.97 Å². The summed E-state index contributed by atoms with van der Waals surface area (Å²) in [6.07, 6.45) is 13.6. The maximum Gasteiger partial charge on any atom is 0.330 e. The van der Waals surface area contributed by atoms with Crippen molar-refractivity contribution in [3.05, 3.63) is 12.7 Å². The molecule has 0 bridgehead atoms. The van der Waals surface area contributed by atoms with Crippen molar-refractivity contribution in [3.8, 4) is 0 Å². The smallest absolute Gasteiger partial charge is 0.330 e. The summed E-state index contributed by atoms with van der Waals surface area (Å²) in [5.41, 5.74) is 0. The van der Waals surface area contributed by atoms with Gasteiger partial charge in [0.15, 0.2) is 0 Å².